The smallest absolute Gasteiger partial charge is 0.276 e. The Labute approximate surface area is 96.5 Å². The quantitative estimate of drug-likeness (QED) is 0.518. The number of unbranched alkanes of at least 4 members (excludes halogenated alkanes) is 1. The van der Waals surface area contributed by atoms with E-state index >= 15 is 0 Å². The molecule has 3 N–H and O–H groups in total. The summed E-state index contributed by atoms with van der Waals surface area (Å²) in [5.74, 6) is -0.597. The van der Waals surface area contributed by atoms with Crippen LogP contribution in [0.15, 0.2) is 12.3 Å². The van der Waals surface area contributed by atoms with Gasteiger partial charge in [-0.1, -0.05) is 25.2 Å². The molecule has 0 atom stereocenters. The van der Waals surface area contributed by atoms with Crippen LogP contribution in [0.1, 0.15) is 19.8 Å². The Morgan fingerprint density at radius 1 is 1.60 bits per heavy atom. The van der Waals surface area contributed by atoms with Crippen molar-refractivity contribution >= 4 is 23.1 Å². The van der Waals surface area contributed by atoms with E-state index in [9.17, 15) is 4.79 Å². The Bertz CT molecular complexity index is 241. The lowest BCUT2D eigenvalue weighted by Gasteiger charge is -2.11. The predicted molar refractivity (Wildman–Crippen MR) is 66.5 cm³/mol. The third-order valence-corrected chi connectivity index (χ3v) is 2.33. The first-order chi connectivity index (χ1) is 7.07. The molecule has 0 aliphatic rings. The van der Waals surface area contributed by atoms with E-state index < -0.39 is 5.91 Å². The van der Waals surface area contributed by atoms with Crippen LogP contribution in [0, 0.1) is 0 Å². The van der Waals surface area contributed by atoms with Crippen molar-refractivity contribution in [2.45, 2.75) is 19.8 Å². The second-order valence-electron chi connectivity index (χ2n) is 3.28. The Hall–Kier alpha value is -0.940. The van der Waals surface area contributed by atoms with Gasteiger partial charge < -0.3 is 16.0 Å². The van der Waals surface area contributed by atoms with Gasteiger partial charge in [-0.2, -0.15) is 0 Å². The van der Waals surface area contributed by atoms with Crippen LogP contribution in [0.5, 0.6) is 0 Å². The average molecular weight is 229 g/mol. The number of carbonyl (C=O) groups is 1. The Morgan fingerprint density at radius 3 is 2.80 bits per heavy atom. The molecule has 0 fully saturated rings. The van der Waals surface area contributed by atoms with E-state index in [4.69, 9.17) is 5.73 Å². The second kappa shape index (κ2) is 8.38. The van der Waals surface area contributed by atoms with Crippen LogP contribution in [0.25, 0.3) is 0 Å². The zero-order valence-corrected chi connectivity index (χ0v) is 10.1. The molecule has 4 nitrogen and oxygen atoms in total. The maximum Gasteiger partial charge on any atom is 0.276 e. The number of nitrogens with two attached hydrogens (primary N) is 1. The molecule has 5 heteroatoms. The van der Waals surface area contributed by atoms with Crippen LogP contribution in [0.2, 0.25) is 0 Å². The number of amides is 1. The number of hydrogen-bond acceptors (Lipinski definition) is 3. The fourth-order valence-electron chi connectivity index (χ4n) is 0.926. The van der Waals surface area contributed by atoms with E-state index in [1.54, 1.807) is 6.20 Å². The van der Waals surface area contributed by atoms with Crippen LogP contribution < -0.4 is 11.1 Å². The first kappa shape index (κ1) is 14.1. The summed E-state index contributed by atoms with van der Waals surface area (Å²) in [5, 5.41) is 2.65. The van der Waals surface area contributed by atoms with E-state index in [1.807, 2.05) is 6.08 Å². The van der Waals surface area contributed by atoms with Gasteiger partial charge in [-0.3, -0.25) is 4.79 Å². The van der Waals surface area contributed by atoms with E-state index in [2.05, 4.69) is 36.4 Å². The molecule has 0 bridgehead atoms. The third kappa shape index (κ3) is 8.08. The molecule has 15 heavy (non-hydrogen) atoms. The van der Waals surface area contributed by atoms with Gasteiger partial charge in [0, 0.05) is 0 Å². The van der Waals surface area contributed by atoms with Crippen molar-refractivity contribution in [1.82, 2.24) is 10.2 Å². The monoisotopic (exact) mass is 229 g/mol. The highest BCUT2D eigenvalue weighted by Gasteiger charge is 1.98. The molecule has 0 aliphatic heterocycles. The van der Waals surface area contributed by atoms with Gasteiger partial charge >= 0.3 is 0 Å². The highest BCUT2D eigenvalue weighted by Crippen LogP contribution is 1.93. The molecule has 86 valence electrons. The first-order valence-electron chi connectivity index (χ1n) is 5.01. The molecule has 0 aromatic carbocycles. The van der Waals surface area contributed by atoms with Crippen molar-refractivity contribution < 1.29 is 4.79 Å². The number of hydrogen-bond donors (Lipinski definition) is 2. The fraction of sp³-hybridized carbons (Fsp3) is 0.600. The van der Waals surface area contributed by atoms with Gasteiger partial charge in [0.15, 0.2) is 4.99 Å². The number of carbonyl (C=O) groups excluding carboxylic acids is 1. The zero-order valence-electron chi connectivity index (χ0n) is 9.32. The number of nitrogens with zero attached hydrogens (tertiary/aromatic N) is 1. The van der Waals surface area contributed by atoms with E-state index in [0.717, 1.165) is 25.9 Å². The van der Waals surface area contributed by atoms with Gasteiger partial charge in [0.1, 0.15) is 0 Å². The summed E-state index contributed by atoms with van der Waals surface area (Å²) in [5.41, 5.74) is 4.95. The van der Waals surface area contributed by atoms with Crippen LogP contribution in [0.4, 0.5) is 0 Å². The molecule has 0 heterocycles. The average Bonchev–Trinajstić information content (AvgIpc) is 2.22. The van der Waals surface area contributed by atoms with E-state index in [-0.39, 0.29) is 4.99 Å². The van der Waals surface area contributed by atoms with Crippen LogP contribution >= 0.6 is 12.2 Å². The topological polar surface area (TPSA) is 58.4 Å². The van der Waals surface area contributed by atoms with Crippen molar-refractivity contribution in [1.29, 1.82) is 0 Å². The minimum Gasteiger partial charge on any atom is -0.364 e. The molecule has 0 rings (SSSR count). The molecule has 0 aliphatic carbocycles. The SMILES string of the molecule is CCN(C)CCC/C=C/NC(=S)C(N)=O. The van der Waals surface area contributed by atoms with Gasteiger partial charge in [0.05, 0.1) is 0 Å². The van der Waals surface area contributed by atoms with Crippen molar-refractivity contribution in [2.24, 2.45) is 5.73 Å². The van der Waals surface area contributed by atoms with Crippen molar-refractivity contribution in [3.05, 3.63) is 12.3 Å². The van der Waals surface area contributed by atoms with Crippen LogP contribution in [-0.4, -0.2) is 35.9 Å². The summed E-state index contributed by atoms with van der Waals surface area (Å²) >= 11 is 4.67. The summed E-state index contributed by atoms with van der Waals surface area (Å²) in [6.07, 6.45) is 5.66. The largest absolute Gasteiger partial charge is 0.364 e. The van der Waals surface area contributed by atoms with Crippen molar-refractivity contribution in [2.75, 3.05) is 20.1 Å². The molecule has 0 aromatic rings. The Kier molecular flexibility index (Phi) is 7.85. The van der Waals surface area contributed by atoms with Gasteiger partial charge in [-0.05, 0) is 39.2 Å². The summed E-state index contributed by atoms with van der Waals surface area (Å²) in [7, 11) is 2.09. The zero-order chi connectivity index (χ0) is 11.7. The van der Waals surface area contributed by atoms with Gasteiger partial charge in [-0.15, -0.1) is 0 Å². The summed E-state index contributed by atoms with van der Waals surface area (Å²) in [4.78, 5) is 12.8. The standard InChI is InChI=1S/C10H19N3OS/c1-3-13(2)8-6-4-5-7-12-10(15)9(11)14/h5,7H,3-4,6,8H2,1-2H3,(H2,11,14)(H,12,15)/b7-5+. The lowest BCUT2D eigenvalue weighted by Crippen LogP contribution is -2.30. The highest BCUT2D eigenvalue weighted by molar-refractivity contribution is 7.82. The highest BCUT2D eigenvalue weighted by atomic mass is 32.1. The lowest BCUT2D eigenvalue weighted by atomic mass is 10.3. The minimum absolute atomic E-state index is 0.0527. The number of primary amides is 1. The molecule has 0 spiro atoms. The van der Waals surface area contributed by atoms with Crippen LogP contribution in [-0.2, 0) is 4.79 Å². The van der Waals surface area contributed by atoms with E-state index in [1.165, 1.54) is 0 Å². The molecular formula is C10H19N3OS. The van der Waals surface area contributed by atoms with Gasteiger partial charge in [0.25, 0.3) is 5.91 Å². The molecule has 0 unspecified atom stereocenters. The predicted octanol–water partition coefficient (Wildman–Crippen LogP) is 0.634. The number of nitrogens with one attached hydrogen (secondary N) is 1. The lowest BCUT2D eigenvalue weighted by molar-refractivity contribution is -0.111. The number of allylic oxidation sites excluding steroid dienone is 1. The molecule has 0 radical (unpaired) electrons. The molecule has 1 amide bonds. The fourth-order valence-corrected chi connectivity index (χ4v) is 0.994. The van der Waals surface area contributed by atoms with Crippen molar-refractivity contribution in [3.8, 4) is 0 Å². The number of rotatable bonds is 6. The Balaban J connectivity index is 3.47. The first-order valence-corrected chi connectivity index (χ1v) is 5.42. The van der Waals surface area contributed by atoms with Gasteiger partial charge in [0.2, 0.25) is 0 Å². The maximum atomic E-state index is 10.5. The summed E-state index contributed by atoms with van der Waals surface area (Å²) < 4.78 is 0. The molecule has 0 aromatic heterocycles. The molecule has 0 saturated carbocycles. The minimum atomic E-state index is -0.597. The van der Waals surface area contributed by atoms with Gasteiger partial charge in [-0.25, -0.2) is 0 Å². The maximum absolute atomic E-state index is 10.5. The van der Waals surface area contributed by atoms with E-state index in [0.29, 0.717) is 0 Å². The number of thiocarbonyl (C=S) groups is 1. The summed E-state index contributed by atoms with van der Waals surface area (Å²) in [6, 6.07) is 0. The summed E-state index contributed by atoms with van der Waals surface area (Å²) in [6.45, 7) is 4.26. The third-order valence-electron chi connectivity index (χ3n) is 2.01. The Morgan fingerprint density at radius 2 is 2.27 bits per heavy atom. The normalized spacial score (nSPS) is 10.9. The molecular weight excluding hydrogens is 210 g/mol. The van der Waals surface area contributed by atoms with Crippen LogP contribution in [0.3, 0.4) is 0 Å². The second-order valence-corrected chi connectivity index (χ2v) is 3.69. The molecule has 0 saturated heterocycles. The van der Waals surface area contributed by atoms with Crippen molar-refractivity contribution in [3.63, 3.8) is 0 Å².